The highest BCUT2D eigenvalue weighted by Crippen LogP contribution is 2.17. The Morgan fingerprint density at radius 2 is 2.21 bits per heavy atom. The van der Waals surface area contributed by atoms with Gasteiger partial charge in [0.05, 0.1) is 12.1 Å². The van der Waals surface area contributed by atoms with E-state index in [4.69, 9.17) is 0 Å². The highest BCUT2D eigenvalue weighted by atomic mass is 16.3. The summed E-state index contributed by atoms with van der Waals surface area (Å²) >= 11 is 0. The molecule has 14 heavy (non-hydrogen) atoms. The smallest absolute Gasteiger partial charge is 0.237 e. The summed E-state index contributed by atoms with van der Waals surface area (Å²) in [5, 5.41) is 12.4. The first-order chi connectivity index (χ1) is 6.77. The van der Waals surface area contributed by atoms with Gasteiger partial charge in [0.25, 0.3) is 0 Å². The van der Waals surface area contributed by atoms with Crippen LogP contribution in [0.15, 0.2) is 0 Å². The van der Waals surface area contributed by atoms with Crippen LogP contribution in [0.5, 0.6) is 0 Å². The summed E-state index contributed by atoms with van der Waals surface area (Å²) in [5.41, 5.74) is 0. The molecule has 2 aliphatic heterocycles. The first-order valence-electron chi connectivity index (χ1n) is 5.47. The quantitative estimate of drug-likeness (QED) is 0.609. The number of aliphatic hydroxyl groups excluding tert-OH is 1. The van der Waals surface area contributed by atoms with Crippen molar-refractivity contribution in [2.75, 3.05) is 19.6 Å². The second-order valence-electron chi connectivity index (χ2n) is 4.24. The van der Waals surface area contributed by atoms with Gasteiger partial charge in [-0.2, -0.15) is 0 Å². The molecule has 80 valence electrons. The van der Waals surface area contributed by atoms with Crippen LogP contribution < -0.4 is 5.32 Å². The molecule has 0 aromatic heterocycles. The molecule has 2 N–H and O–H groups in total. The Hall–Kier alpha value is -0.610. The molecule has 2 heterocycles. The average Bonchev–Trinajstić information content (AvgIpc) is 2.18. The molecule has 2 saturated heterocycles. The fourth-order valence-corrected chi connectivity index (χ4v) is 2.37. The van der Waals surface area contributed by atoms with E-state index in [1.165, 1.54) is 0 Å². The standard InChI is InChI=1S/C10H18N2O2/c13-8-3-2-6-12(7-8)9-4-1-5-11-10(9)14/h8-9,13H,1-7H2,(H,11,14)/t8-,9+/m0/s1. The van der Waals surface area contributed by atoms with E-state index in [0.29, 0.717) is 6.54 Å². The van der Waals surface area contributed by atoms with Crippen molar-refractivity contribution in [3.8, 4) is 0 Å². The van der Waals surface area contributed by atoms with E-state index >= 15 is 0 Å². The molecule has 0 aromatic rings. The number of hydrogen-bond donors (Lipinski definition) is 2. The lowest BCUT2D eigenvalue weighted by Gasteiger charge is -2.37. The van der Waals surface area contributed by atoms with Crippen molar-refractivity contribution in [1.29, 1.82) is 0 Å². The lowest BCUT2D eigenvalue weighted by Crippen LogP contribution is -2.54. The van der Waals surface area contributed by atoms with E-state index in [9.17, 15) is 9.90 Å². The molecule has 0 spiro atoms. The van der Waals surface area contributed by atoms with Crippen LogP contribution in [0.3, 0.4) is 0 Å². The van der Waals surface area contributed by atoms with Crippen LogP contribution in [-0.2, 0) is 4.79 Å². The van der Waals surface area contributed by atoms with Crippen LogP contribution >= 0.6 is 0 Å². The summed E-state index contributed by atoms with van der Waals surface area (Å²) in [4.78, 5) is 13.7. The van der Waals surface area contributed by atoms with E-state index in [0.717, 1.165) is 38.8 Å². The third kappa shape index (κ3) is 2.07. The Morgan fingerprint density at radius 1 is 1.36 bits per heavy atom. The summed E-state index contributed by atoms with van der Waals surface area (Å²) in [7, 11) is 0. The summed E-state index contributed by atoms with van der Waals surface area (Å²) in [5.74, 6) is 0.144. The molecular formula is C10H18N2O2. The van der Waals surface area contributed by atoms with Crippen molar-refractivity contribution in [3.05, 3.63) is 0 Å². The van der Waals surface area contributed by atoms with Crippen LogP contribution in [0, 0.1) is 0 Å². The molecule has 4 heteroatoms. The summed E-state index contributed by atoms with van der Waals surface area (Å²) < 4.78 is 0. The zero-order chi connectivity index (χ0) is 9.97. The van der Waals surface area contributed by atoms with Crippen molar-refractivity contribution in [3.63, 3.8) is 0 Å². The van der Waals surface area contributed by atoms with E-state index in [1.807, 2.05) is 0 Å². The lowest BCUT2D eigenvalue weighted by atomic mass is 10.0. The van der Waals surface area contributed by atoms with Crippen molar-refractivity contribution in [2.45, 2.75) is 37.8 Å². The number of likely N-dealkylation sites (tertiary alicyclic amines) is 1. The maximum Gasteiger partial charge on any atom is 0.237 e. The highest BCUT2D eigenvalue weighted by Gasteiger charge is 2.31. The Balaban J connectivity index is 1.94. The molecule has 0 aromatic carbocycles. The van der Waals surface area contributed by atoms with Gasteiger partial charge in [0.15, 0.2) is 0 Å². The van der Waals surface area contributed by atoms with E-state index in [-0.39, 0.29) is 18.1 Å². The van der Waals surface area contributed by atoms with Crippen molar-refractivity contribution < 1.29 is 9.90 Å². The van der Waals surface area contributed by atoms with Crippen LogP contribution in [-0.4, -0.2) is 47.7 Å². The highest BCUT2D eigenvalue weighted by molar-refractivity contribution is 5.82. The zero-order valence-corrected chi connectivity index (χ0v) is 8.41. The molecule has 0 bridgehead atoms. The average molecular weight is 198 g/mol. The topological polar surface area (TPSA) is 52.6 Å². The Kier molecular flexibility index (Phi) is 3.03. The number of carbonyl (C=O) groups is 1. The van der Waals surface area contributed by atoms with Crippen LogP contribution in [0.2, 0.25) is 0 Å². The molecule has 0 saturated carbocycles. The van der Waals surface area contributed by atoms with Crippen molar-refractivity contribution in [2.24, 2.45) is 0 Å². The number of nitrogens with one attached hydrogen (secondary N) is 1. The minimum absolute atomic E-state index is 0.0127. The fraction of sp³-hybridized carbons (Fsp3) is 0.900. The second kappa shape index (κ2) is 4.28. The number of aliphatic hydroxyl groups is 1. The van der Waals surface area contributed by atoms with Crippen LogP contribution in [0.4, 0.5) is 0 Å². The molecular weight excluding hydrogens is 180 g/mol. The second-order valence-corrected chi connectivity index (χ2v) is 4.24. The molecule has 0 unspecified atom stereocenters. The van der Waals surface area contributed by atoms with E-state index < -0.39 is 0 Å². The summed E-state index contributed by atoms with van der Waals surface area (Å²) in [6.45, 7) is 2.43. The van der Waals surface area contributed by atoms with Gasteiger partial charge in [0.2, 0.25) is 5.91 Å². The molecule has 2 fully saturated rings. The number of hydrogen-bond acceptors (Lipinski definition) is 3. The van der Waals surface area contributed by atoms with Gasteiger partial charge in [0.1, 0.15) is 0 Å². The third-order valence-electron chi connectivity index (χ3n) is 3.12. The molecule has 2 rings (SSSR count). The van der Waals surface area contributed by atoms with Gasteiger partial charge in [-0.05, 0) is 32.2 Å². The van der Waals surface area contributed by atoms with Gasteiger partial charge in [-0.15, -0.1) is 0 Å². The predicted octanol–water partition coefficient (Wildman–Crippen LogP) is -0.278. The van der Waals surface area contributed by atoms with Gasteiger partial charge < -0.3 is 10.4 Å². The van der Waals surface area contributed by atoms with Crippen molar-refractivity contribution >= 4 is 5.91 Å². The zero-order valence-electron chi connectivity index (χ0n) is 8.41. The number of nitrogens with zero attached hydrogens (tertiary/aromatic N) is 1. The van der Waals surface area contributed by atoms with Gasteiger partial charge in [-0.3, -0.25) is 9.69 Å². The van der Waals surface area contributed by atoms with Gasteiger partial charge in [-0.1, -0.05) is 0 Å². The lowest BCUT2D eigenvalue weighted by molar-refractivity contribution is -0.129. The molecule has 2 aliphatic rings. The van der Waals surface area contributed by atoms with E-state index in [2.05, 4.69) is 10.2 Å². The SMILES string of the molecule is O=C1NCCC[C@H]1N1CCC[C@H](O)C1. The number of amides is 1. The molecule has 2 atom stereocenters. The number of carbonyl (C=O) groups excluding carboxylic acids is 1. The first-order valence-corrected chi connectivity index (χ1v) is 5.47. The largest absolute Gasteiger partial charge is 0.392 e. The molecule has 0 radical (unpaired) electrons. The normalized spacial score (nSPS) is 35.4. The molecule has 0 aliphatic carbocycles. The Bertz CT molecular complexity index is 220. The minimum Gasteiger partial charge on any atom is -0.392 e. The fourth-order valence-electron chi connectivity index (χ4n) is 2.37. The Morgan fingerprint density at radius 3 is 2.93 bits per heavy atom. The maximum absolute atomic E-state index is 11.6. The van der Waals surface area contributed by atoms with Gasteiger partial charge >= 0.3 is 0 Å². The molecule has 4 nitrogen and oxygen atoms in total. The van der Waals surface area contributed by atoms with Gasteiger partial charge in [0, 0.05) is 13.1 Å². The summed E-state index contributed by atoms with van der Waals surface area (Å²) in [6, 6.07) is 0.0127. The van der Waals surface area contributed by atoms with Crippen LogP contribution in [0.25, 0.3) is 0 Å². The molecule has 1 amide bonds. The number of piperidine rings is 2. The first kappa shape index (κ1) is 9.93. The monoisotopic (exact) mass is 198 g/mol. The minimum atomic E-state index is -0.238. The third-order valence-corrected chi connectivity index (χ3v) is 3.12. The predicted molar refractivity (Wildman–Crippen MR) is 52.8 cm³/mol. The summed E-state index contributed by atoms with van der Waals surface area (Å²) in [6.07, 6.45) is 3.65. The van der Waals surface area contributed by atoms with E-state index in [1.54, 1.807) is 0 Å². The number of β-amino-alcohol motifs (C(OH)–C–C–N with tert-alkyl or cyclic N) is 1. The Labute approximate surface area is 84.3 Å². The number of rotatable bonds is 1. The van der Waals surface area contributed by atoms with Crippen molar-refractivity contribution in [1.82, 2.24) is 10.2 Å². The van der Waals surface area contributed by atoms with Crippen LogP contribution in [0.1, 0.15) is 25.7 Å². The van der Waals surface area contributed by atoms with Gasteiger partial charge in [-0.25, -0.2) is 0 Å². The maximum atomic E-state index is 11.6.